The van der Waals surface area contributed by atoms with Crippen LogP contribution in [0.1, 0.15) is 11.9 Å². The Bertz CT molecular complexity index is 240. The van der Waals surface area contributed by atoms with Crippen LogP contribution in [0.3, 0.4) is 0 Å². The van der Waals surface area contributed by atoms with E-state index in [0.29, 0.717) is 0 Å². The maximum atomic E-state index is 12.7. The molecule has 0 aliphatic rings. The summed E-state index contributed by atoms with van der Waals surface area (Å²) in [5.74, 6) is -0.494. The molecule has 1 aromatic heterocycles. The summed E-state index contributed by atoms with van der Waals surface area (Å²) >= 11 is 0. The summed E-state index contributed by atoms with van der Waals surface area (Å²) in [4.78, 5) is 3.62. The van der Waals surface area contributed by atoms with Crippen molar-refractivity contribution in [3.05, 3.63) is 29.8 Å². The Morgan fingerprint density at radius 1 is 1.64 bits per heavy atom. The van der Waals surface area contributed by atoms with Crippen molar-refractivity contribution in [3.8, 4) is 0 Å². The van der Waals surface area contributed by atoms with E-state index in [1.54, 1.807) is 0 Å². The second-order valence-electron chi connectivity index (χ2n) is 2.10. The second-order valence-corrected chi connectivity index (χ2v) is 2.10. The molecule has 0 aliphatic heterocycles. The van der Waals surface area contributed by atoms with Crippen molar-refractivity contribution in [2.45, 2.75) is 6.17 Å². The summed E-state index contributed by atoms with van der Waals surface area (Å²) in [5.41, 5.74) is 5.07. The Morgan fingerprint density at radius 3 is 2.91 bits per heavy atom. The van der Waals surface area contributed by atoms with Gasteiger partial charge >= 0.3 is 0 Å². The number of rotatable bonds is 2. The van der Waals surface area contributed by atoms with Crippen LogP contribution in [0.25, 0.3) is 0 Å². The summed E-state index contributed by atoms with van der Waals surface area (Å²) in [6.07, 6.45) is -0.155. The number of nitrogens with zero attached hydrogens (tertiary/aromatic N) is 1. The van der Waals surface area contributed by atoms with E-state index in [9.17, 15) is 8.78 Å². The van der Waals surface area contributed by atoms with E-state index in [-0.39, 0.29) is 12.2 Å². The molecule has 0 saturated heterocycles. The largest absolute Gasteiger partial charge is 0.327 e. The maximum Gasteiger partial charge on any atom is 0.154 e. The Balaban J connectivity index is 2.86. The zero-order valence-corrected chi connectivity index (χ0v) is 5.80. The minimum atomic E-state index is -1.37. The Kier molecular flexibility index (Phi) is 2.48. The van der Waals surface area contributed by atoms with Gasteiger partial charge < -0.3 is 5.73 Å². The molecule has 0 aliphatic carbocycles. The predicted molar refractivity (Wildman–Crippen MR) is 37.1 cm³/mol. The molecule has 0 bridgehead atoms. The lowest BCUT2D eigenvalue weighted by molar-refractivity contribution is 0.343. The molecule has 11 heavy (non-hydrogen) atoms. The molecule has 1 aromatic rings. The fourth-order valence-electron chi connectivity index (χ4n) is 0.713. The molecule has 0 spiro atoms. The number of alkyl halides is 1. The highest BCUT2D eigenvalue weighted by Gasteiger charge is 2.08. The number of nitrogens with two attached hydrogens (primary N) is 1. The Labute approximate surface area is 63.1 Å². The van der Waals surface area contributed by atoms with Crippen LogP contribution in [-0.4, -0.2) is 11.5 Å². The minimum absolute atomic E-state index is 0.0486. The summed E-state index contributed by atoms with van der Waals surface area (Å²) in [6.45, 7) is -0.170. The van der Waals surface area contributed by atoms with Gasteiger partial charge in [0.1, 0.15) is 5.82 Å². The van der Waals surface area contributed by atoms with Gasteiger partial charge in [0.15, 0.2) is 6.17 Å². The lowest BCUT2D eigenvalue weighted by Crippen LogP contribution is -2.09. The van der Waals surface area contributed by atoms with Crippen LogP contribution in [-0.2, 0) is 0 Å². The van der Waals surface area contributed by atoms with Crippen LogP contribution >= 0.6 is 0 Å². The van der Waals surface area contributed by atoms with Gasteiger partial charge in [-0.2, -0.15) is 0 Å². The quantitative estimate of drug-likeness (QED) is 0.702. The Morgan fingerprint density at radius 2 is 2.36 bits per heavy atom. The smallest absolute Gasteiger partial charge is 0.154 e. The third kappa shape index (κ3) is 1.94. The molecule has 0 saturated carbocycles. The SMILES string of the molecule is NCC(F)c1cc(F)ccn1. The van der Waals surface area contributed by atoms with Crippen LogP contribution in [0, 0.1) is 5.82 Å². The molecular weight excluding hydrogens is 150 g/mol. The Hall–Kier alpha value is -1.03. The van der Waals surface area contributed by atoms with Crippen LogP contribution in [0.5, 0.6) is 0 Å². The molecule has 0 fully saturated rings. The van der Waals surface area contributed by atoms with Crippen LogP contribution in [0.2, 0.25) is 0 Å². The van der Waals surface area contributed by atoms with Crippen molar-refractivity contribution >= 4 is 0 Å². The second kappa shape index (κ2) is 3.39. The van der Waals surface area contributed by atoms with E-state index in [0.717, 1.165) is 12.1 Å². The molecule has 4 heteroatoms. The highest BCUT2D eigenvalue weighted by molar-refractivity contribution is 5.08. The molecule has 0 amide bonds. The van der Waals surface area contributed by atoms with Crippen molar-refractivity contribution in [2.75, 3.05) is 6.54 Å². The fourth-order valence-corrected chi connectivity index (χ4v) is 0.713. The first-order valence-corrected chi connectivity index (χ1v) is 3.19. The number of pyridine rings is 1. The van der Waals surface area contributed by atoms with E-state index >= 15 is 0 Å². The standard InChI is InChI=1S/C7H8F2N2/c8-5-1-2-11-7(3-5)6(9)4-10/h1-3,6H,4,10H2. The fraction of sp³-hybridized carbons (Fsp3) is 0.286. The molecule has 2 nitrogen and oxygen atoms in total. The van der Waals surface area contributed by atoms with Crippen molar-refractivity contribution in [3.63, 3.8) is 0 Å². The molecule has 0 radical (unpaired) electrons. The topological polar surface area (TPSA) is 38.9 Å². The van der Waals surface area contributed by atoms with E-state index in [4.69, 9.17) is 5.73 Å². The number of hydrogen-bond acceptors (Lipinski definition) is 2. The molecule has 1 unspecified atom stereocenters. The van der Waals surface area contributed by atoms with Crippen LogP contribution in [0.15, 0.2) is 18.3 Å². The monoisotopic (exact) mass is 158 g/mol. The molecular formula is C7H8F2N2. The van der Waals surface area contributed by atoms with Crippen molar-refractivity contribution in [2.24, 2.45) is 5.73 Å². The number of aromatic nitrogens is 1. The lowest BCUT2D eigenvalue weighted by Gasteiger charge is -2.02. The molecule has 0 aromatic carbocycles. The average molecular weight is 158 g/mol. The summed E-state index contributed by atoms with van der Waals surface area (Å²) < 4.78 is 25.1. The van der Waals surface area contributed by atoms with Gasteiger partial charge in [0.2, 0.25) is 0 Å². The first kappa shape index (κ1) is 8.07. The van der Waals surface area contributed by atoms with E-state index in [2.05, 4.69) is 4.98 Å². The molecule has 60 valence electrons. The maximum absolute atomic E-state index is 12.7. The average Bonchev–Trinajstić information content (AvgIpc) is 2.03. The summed E-state index contributed by atoms with van der Waals surface area (Å²) in [5, 5.41) is 0. The minimum Gasteiger partial charge on any atom is -0.327 e. The first-order chi connectivity index (χ1) is 5.24. The van der Waals surface area contributed by atoms with Crippen molar-refractivity contribution in [1.82, 2.24) is 4.98 Å². The third-order valence-corrected chi connectivity index (χ3v) is 1.27. The normalized spacial score (nSPS) is 13.0. The van der Waals surface area contributed by atoms with Gasteiger partial charge in [0, 0.05) is 12.7 Å². The highest BCUT2D eigenvalue weighted by atomic mass is 19.1. The first-order valence-electron chi connectivity index (χ1n) is 3.19. The summed E-state index contributed by atoms with van der Waals surface area (Å²) in [6, 6.07) is 2.20. The molecule has 1 rings (SSSR count). The summed E-state index contributed by atoms with van der Waals surface area (Å²) in [7, 11) is 0. The predicted octanol–water partition coefficient (Wildman–Crippen LogP) is 1.19. The molecule has 1 atom stereocenters. The highest BCUT2D eigenvalue weighted by Crippen LogP contribution is 2.12. The van der Waals surface area contributed by atoms with Gasteiger partial charge in [-0.1, -0.05) is 0 Å². The van der Waals surface area contributed by atoms with Gasteiger partial charge in [-0.25, -0.2) is 8.78 Å². The number of hydrogen-bond donors (Lipinski definition) is 1. The van der Waals surface area contributed by atoms with E-state index in [1.807, 2.05) is 0 Å². The van der Waals surface area contributed by atoms with Crippen LogP contribution < -0.4 is 5.73 Å². The van der Waals surface area contributed by atoms with Gasteiger partial charge in [-0.05, 0) is 12.1 Å². The van der Waals surface area contributed by atoms with Crippen LogP contribution in [0.4, 0.5) is 8.78 Å². The van der Waals surface area contributed by atoms with Gasteiger partial charge in [0.05, 0.1) is 5.69 Å². The zero-order chi connectivity index (χ0) is 8.27. The van der Waals surface area contributed by atoms with Gasteiger partial charge in [-0.3, -0.25) is 4.98 Å². The number of halogens is 2. The third-order valence-electron chi connectivity index (χ3n) is 1.27. The van der Waals surface area contributed by atoms with Gasteiger partial charge in [0.25, 0.3) is 0 Å². The van der Waals surface area contributed by atoms with E-state index < -0.39 is 12.0 Å². The zero-order valence-electron chi connectivity index (χ0n) is 5.80. The molecule has 1 heterocycles. The van der Waals surface area contributed by atoms with Crippen molar-refractivity contribution < 1.29 is 8.78 Å². The lowest BCUT2D eigenvalue weighted by atomic mass is 10.2. The van der Waals surface area contributed by atoms with Gasteiger partial charge in [-0.15, -0.1) is 0 Å². The van der Waals surface area contributed by atoms with E-state index in [1.165, 1.54) is 6.20 Å². The molecule has 2 N–H and O–H groups in total. The van der Waals surface area contributed by atoms with Crippen molar-refractivity contribution in [1.29, 1.82) is 0 Å².